The standard InChI is InChI=1S/C19H27N3O3/c23-19(6-11-20-7-1-2-8-20)22(17-18-5-3-14-25-18)10-4-9-21-12-15-24-16-13-21/h1-3,5,7-8,14H,4,6,9-13,15-17H2. The van der Waals surface area contributed by atoms with Crippen LogP contribution in [0, 0.1) is 0 Å². The third-order valence-corrected chi connectivity index (χ3v) is 4.54. The van der Waals surface area contributed by atoms with E-state index in [2.05, 4.69) is 4.90 Å². The summed E-state index contributed by atoms with van der Waals surface area (Å²) in [7, 11) is 0. The lowest BCUT2D eigenvalue weighted by Crippen LogP contribution is -2.39. The van der Waals surface area contributed by atoms with E-state index >= 15 is 0 Å². The van der Waals surface area contributed by atoms with Crippen molar-refractivity contribution < 1.29 is 13.9 Å². The van der Waals surface area contributed by atoms with Crippen LogP contribution in [0.25, 0.3) is 0 Å². The number of carbonyl (C=O) groups is 1. The Bertz CT molecular complexity index is 604. The number of nitrogens with zero attached hydrogens (tertiary/aromatic N) is 3. The van der Waals surface area contributed by atoms with Crippen LogP contribution < -0.4 is 0 Å². The summed E-state index contributed by atoms with van der Waals surface area (Å²) in [6, 6.07) is 7.75. The van der Waals surface area contributed by atoms with Crippen LogP contribution in [0.2, 0.25) is 0 Å². The molecule has 1 amide bonds. The number of morpholine rings is 1. The molecule has 0 bridgehead atoms. The number of amides is 1. The number of carbonyl (C=O) groups excluding carboxylic acids is 1. The van der Waals surface area contributed by atoms with Gasteiger partial charge in [-0.1, -0.05) is 0 Å². The second kappa shape index (κ2) is 9.44. The van der Waals surface area contributed by atoms with Crippen molar-refractivity contribution in [3.8, 4) is 0 Å². The lowest BCUT2D eigenvalue weighted by Gasteiger charge is -2.28. The summed E-state index contributed by atoms with van der Waals surface area (Å²) in [5.74, 6) is 1.01. The topological polar surface area (TPSA) is 50.9 Å². The number of aromatic nitrogens is 1. The zero-order valence-electron chi connectivity index (χ0n) is 14.7. The molecule has 0 N–H and O–H groups in total. The quantitative estimate of drug-likeness (QED) is 0.699. The van der Waals surface area contributed by atoms with Crippen LogP contribution in [0.1, 0.15) is 18.6 Å². The average Bonchev–Trinajstić information content (AvgIpc) is 3.33. The maximum Gasteiger partial charge on any atom is 0.224 e. The van der Waals surface area contributed by atoms with Crippen LogP contribution in [0.5, 0.6) is 0 Å². The van der Waals surface area contributed by atoms with Crippen molar-refractivity contribution in [2.24, 2.45) is 0 Å². The smallest absolute Gasteiger partial charge is 0.224 e. The highest BCUT2D eigenvalue weighted by Gasteiger charge is 2.16. The van der Waals surface area contributed by atoms with E-state index in [4.69, 9.17) is 9.15 Å². The third kappa shape index (κ3) is 5.76. The molecule has 136 valence electrons. The first-order valence-electron chi connectivity index (χ1n) is 9.02. The SMILES string of the molecule is O=C(CCn1cccc1)N(CCCN1CCOCC1)Cc1ccco1. The fourth-order valence-corrected chi connectivity index (χ4v) is 3.09. The van der Waals surface area contributed by atoms with E-state index in [-0.39, 0.29) is 5.91 Å². The van der Waals surface area contributed by atoms with Crippen LogP contribution in [-0.4, -0.2) is 59.7 Å². The van der Waals surface area contributed by atoms with Crippen LogP contribution in [0.4, 0.5) is 0 Å². The molecule has 0 atom stereocenters. The Kier molecular flexibility index (Phi) is 6.71. The minimum atomic E-state index is 0.173. The molecule has 6 nitrogen and oxygen atoms in total. The van der Waals surface area contributed by atoms with Gasteiger partial charge >= 0.3 is 0 Å². The van der Waals surface area contributed by atoms with Crippen molar-refractivity contribution >= 4 is 5.91 Å². The minimum absolute atomic E-state index is 0.173. The Morgan fingerprint density at radius 2 is 1.92 bits per heavy atom. The van der Waals surface area contributed by atoms with Gasteiger partial charge in [0.1, 0.15) is 5.76 Å². The molecule has 25 heavy (non-hydrogen) atoms. The Morgan fingerprint density at radius 3 is 2.64 bits per heavy atom. The van der Waals surface area contributed by atoms with Crippen molar-refractivity contribution in [2.75, 3.05) is 39.4 Å². The van der Waals surface area contributed by atoms with Crippen molar-refractivity contribution in [1.29, 1.82) is 0 Å². The fraction of sp³-hybridized carbons (Fsp3) is 0.526. The van der Waals surface area contributed by atoms with Gasteiger partial charge in [0.05, 0.1) is 26.0 Å². The van der Waals surface area contributed by atoms with Crippen molar-refractivity contribution in [3.63, 3.8) is 0 Å². The Hall–Kier alpha value is -2.05. The molecule has 3 heterocycles. The van der Waals surface area contributed by atoms with Gasteiger partial charge in [0.15, 0.2) is 0 Å². The average molecular weight is 345 g/mol. The highest BCUT2D eigenvalue weighted by molar-refractivity contribution is 5.76. The largest absolute Gasteiger partial charge is 0.467 e. The van der Waals surface area contributed by atoms with Crippen molar-refractivity contribution in [3.05, 3.63) is 48.7 Å². The van der Waals surface area contributed by atoms with Gasteiger partial charge in [0, 0.05) is 51.5 Å². The first-order chi connectivity index (χ1) is 12.3. The third-order valence-electron chi connectivity index (χ3n) is 4.54. The summed E-state index contributed by atoms with van der Waals surface area (Å²) in [5, 5.41) is 0. The number of hydrogen-bond donors (Lipinski definition) is 0. The van der Waals surface area contributed by atoms with Gasteiger partial charge in [-0.15, -0.1) is 0 Å². The first kappa shape index (κ1) is 17.8. The van der Waals surface area contributed by atoms with E-state index in [0.29, 0.717) is 19.5 Å². The van der Waals surface area contributed by atoms with Gasteiger partial charge in [-0.25, -0.2) is 0 Å². The summed E-state index contributed by atoms with van der Waals surface area (Å²) in [6.45, 7) is 6.60. The molecule has 1 fully saturated rings. The van der Waals surface area contributed by atoms with E-state index in [0.717, 1.165) is 51.6 Å². The van der Waals surface area contributed by atoms with Crippen LogP contribution in [0.3, 0.4) is 0 Å². The molecule has 2 aromatic heterocycles. The van der Waals surface area contributed by atoms with Gasteiger partial charge in [0.2, 0.25) is 5.91 Å². The Balaban J connectivity index is 1.49. The molecule has 6 heteroatoms. The first-order valence-corrected chi connectivity index (χ1v) is 9.02. The summed E-state index contributed by atoms with van der Waals surface area (Å²) >= 11 is 0. The molecular formula is C19H27N3O3. The number of ether oxygens (including phenoxy) is 1. The molecule has 3 rings (SSSR count). The molecule has 0 radical (unpaired) electrons. The number of rotatable bonds is 9. The zero-order chi connectivity index (χ0) is 17.3. The molecule has 2 aromatic rings. The van der Waals surface area contributed by atoms with Crippen molar-refractivity contribution in [2.45, 2.75) is 25.9 Å². The van der Waals surface area contributed by atoms with Gasteiger partial charge < -0.3 is 18.6 Å². The summed E-state index contributed by atoms with van der Waals surface area (Å²) in [4.78, 5) is 17.0. The number of hydrogen-bond acceptors (Lipinski definition) is 4. The maximum absolute atomic E-state index is 12.7. The summed E-state index contributed by atoms with van der Waals surface area (Å²) < 4.78 is 12.9. The second-order valence-corrected chi connectivity index (χ2v) is 6.37. The molecule has 0 aliphatic carbocycles. The van der Waals surface area contributed by atoms with Crippen LogP contribution in [-0.2, 0) is 22.6 Å². The minimum Gasteiger partial charge on any atom is -0.467 e. The summed E-state index contributed by atoms with van der Waals surface area (Å²) in [6.07, 6.45) is 7.11. The predicted octanol–water partition coefficient (Wildman–Crippen LogP) is 2.22. The zero-order valence-corrected chi connectivity index (χ0v) is 14.7. The Morgan fingerprint density at radius 1 is 1.12 bits per heavy atom. The normalized spacial score (nSPS) is 15.4. The van der Waals surface area contributed by atoms with Crippen LogP contribution in [0.15, 0.2) is 47.3 Å². The van der Waals surface area contributed by atoms with E-state index < -0.39 is 0 Å². The van der Waals surface area contributed by atoms with E-state index in [1.807, 2.05) is 46.1 Å². The monoisotopic (exact) mass is 345 g/mol. The summed E-state index contributed by atoms with van der Waals surface area (Å²) in [5.41, 5.74) is 0. The molecule has 0 aromatic carbocycles. The lowest BCUT2D eigenvalue weighted by molar-refractivity contribution is -0.132. The molecule has 0 unspecified atom stereocenters. The van der Waals surface area contributed by atoms with E-state index in [1.54, 1.807) is 6.26 Å². The van der Waals surface area contributed by atoms with Gasteiger partial charge in [0.25, 0.3) is 0 Å². The van der Waals surface area contributed by atoms with E-state index in [9.17, 15) is 4.79 Å². The highest BCUT2D eigenvalue weighted by Crippen LogP contribution is 2.09. The van der Waals surface area contributed by atoms with Crippen molar-refractivity contribution in [1.82, 2.24) is 14.4 Å². The molecule has 0 saturated carbocycles. The predicted molar refractivity (Wildman–Crippen MR) is 95.1 cm³/mol. The molecule has 1 saturated heterocycles. The maximum atomic E-state index is 12.7. The molecular weight excluding hydrogens is 318 g/mol. The lowest BCUT2D eigenvalue weighted by atomic mass is 10.2. The number of aryl methyl sites for hydroxylation is 1. The fourth-order valence-electron chi connectivity index (χ4n) is 3.09. The number of furan rings is 1. The van der Waals surface area contributed by atoms with Gasteiger partial charge in [-0.3, -0.25) is 9.69 Å². The second-order valence-electron chi connectivity index (χ2n) is 6.37. The van der Waals surface area contributed by atoms with E-state index in [1.165, 1.54) is 0 Å². The molecule has 1 aliphatic rings. The van der Waals surface area contributed by atoms with Crippen LogP contribution >= 0.6 is 0 Å². The van der Waals surface area contributed by atoms with Gasteiger partial charge in [-0.05, 0) is 30.7 Å². The Labute approximate surface area is 149 Å². The van der Waals surface area contributed by atoms with Gasteiger partial charge in [-0.2, -0.15) is 0 Å². The molecule has 0 spiro atoms. The molecule has 1 aliphatic heterocycles. The highest BCUT2D eigenvalue weighted by atomic mass is 16.5.